The molecule has 0 amide bonds. The Bertz CT molecular complexity index is 2420. The Labute approximate surface area is 288 Å². The zero-order valence-electron chi connectivity index (χ0n) is 30.2. The van der Waals surface area contributed by atoms with Crippen LogP contribution in [0.5, 0.6) is 0 Å². The van der Waals surface area contributed by atoms with Crippen LogP contribution in [-0.2, 0) is 0 Å². The molecule has 0 spiro atoms. The Morgan fingerprint density at radius 1 is 0.271 bits per heavy atom. The van der Waals surface area contributed by atoms with E-state index in [2.05, 4.69) is 83.8 Å². The van der Waals surface area contributed by atoms with Crippen LogP contribution in [0.15, 0.2) is 206 Å². The van der Waals surface area contributed by atoms with Gasteiger partial charge in [-0.3, -0.25) is 0 Å². The number of fused-ring (bicyclic) bond motifs is 1. The van der Waals surface area contributed by atoms with Gasteiger partial charge in [0.15, 0.2) is 0 Å². The van der Waals surface area contributed by atoms with Gasteiger partial charge in [0.25, 0.3) is 0 Å². The average molecular weight is 619 g/mol. The quantitative estimate of drug-likeness (QED) is 0.167. The lowest BCUT2D eigenvalue weighted by atomic mass is 9.99. The van der Waals surface area contributed by atoms with Crippen LogP contribution in [0.3, 0.4) is 0 Å². The minimum Gasteiger partial charge on any atom is -0.311 e. The molecule has 48 heavy (non-hydrogen) atoms. The van der Waals surface area contributed by atoms with Crippen molar-refractivity contribution in [1.82, 2.24) is 0 Å². The second kappa shape index (κ2) is 13.2. The number of hydrogen-bond acceptors (Lipinski definition) is 2. The van der Waals surface area contributed by atoms with Crippen LogP contribution in [0.25, 0.3) is 33.0 Å². The number of nitrogens with zero attached hydrogens (tertiary/aromatic N) is 2. The van der Waals surface area contributed by atoms with Crippen molar-refractivity contribution >= 4 is 44.9 Å². The molecule has 0 aliphatic rings. The molecule has 0 bridgehead atoms. The van der Waals surface area contributed by atoms with Crippen LogP contribution in [0.4, 0.5) is 34.1 Å². The molecular weight excluding hydrogens is 581 g/mol. The van der Waals surface area contributed by atoms with Gasteiger partial charge in [0, 0.05) is 34.1 Å². The summed E-state index contributed by atoms with van der Waals surface area (Å²) in [6.45, 7) is 0. The maximum atomic E-state index is 9.11. The predicted octanol–water partition coefficient (Wildman–Crippen LogP) is 13.1. The van der Waals surface area contributed by atoms with Gasteiger partial charge in [-0.1, -0.05) is 133 Å². The van der Waals surface area contributed by atoms with Crippen molar-refractivity contribution in [3.63, 3.8) is 0 Å². The first-order valence-electron chi connectivity index (χ1n) is 18.0. The normalized spacial score (nSPS) is 12.1. The van der Waals surface area contributed by atoms with E-state index in [4.69, 9.17) is 5.48 Å². The van der Waals surface area contributed by atoms with Crippen LogP contribution in [0.1, 0.15) is 5.48 Å². The fraction of sp³-hybridized carbons (Fsp3) is 0. The summed E-state index contributed by atoms with van der Waals surface area (Å²) in [7, 11) is 0. The van der Waals surface area contributed by atoms with E-state index in [-0.39, 0.29) is 35.4 Å². The maximum Gasteiger partial charge on any atom is 0.0645 e. The van der Waals surface area contributed by atoms with Crippen LogP contribution in [0, 0.1) is 0 Å². The fourth-order valence-electron chi connectivity index (χ4n) is 6.10. The Kier molecular flexibility index (Phi) is 6.80. The van der Waals surface area contributed by atoms with Crippen molar-refractivity contribution in [1.29, 1.82) is 0 Å². The second-order valence-electron chi connectivity index (χ2n) is 11.6. The highest BCUT2D eigenvalue weighted by Gasteiger charge is 2.14. The lowest BCUT2D eigenvalue weighted by molar-refractivity contribution is 1.28. The molecule has 0 heterocycles. The van der Waals surface area contributed by atoms with Crippen molar-refractivity contribution in [3.8, 4) is 22.3 Å². The first-order chi connectivity index (χ1) is 25.5. The highest BCUT2D eigenvalue weighted by atomic mass is 15.1. The van der Waals surface area contributed by atoms with Gasteiger partial charge < -0.3 is 9.80 Å². The van der Waals surface area contributed by atoms with Gasteiger partial charge in [-0.05, 0) is 106 Å². The molecule has 0 saturated carbocycles. The fourth-order valence-corrected chi connectivity index (χ4v) is 6.10. The lowest BCUT2D eigenvalue weighted by Crippen LogP contribution is -2.09. The minimum absolute atomic E-state index is 0.0836. The van der Waals surface area contributed by atoms with E-state index in [9.17, 15) is 0 Å². The molecule has 0 saturated heterocycles. The summed E-state index contributed by atoms with van der Waals surface area (Å²) in [6, 6.07) is 60.1. The minimum atomic E-state index is -0.0993. The monoisotopic (exact) mass is 618 g/mol. The molecule has 0 aliphatic carbocycles. The average Bonchev–Trinajstić information content (AvgIpc) is 3.20. The van der Waals surface area contributed by atoms with Gasteiger partial charge in [0.05, 0.1) is 5.48 Å². The highest BCUT2D eigenvalue weighted by molar-refractivity contribution is 5.89. The maximum absolute atomic E-state index is 9.11. The zero-order chi connectivity index (χ0) is 35.6. The summed E-state index contributed by atoms with van der Waals surface area (Å²) < 4.78 is 36.4. The first-order valence-corrected chi connectivity index (χ1v) is 16.0. The molecule has 0 aromatic heterocycles. The smallest absolute Gasteiger partial charge is 0.0645 e. The Morgan fingerprint density at radius 2 is 0.646 bits per heavy atom. The number of para-hydroxylation sites is 3. The molecule has 0 unspecified atom stereocenters. The van der Waals surface area contributed by atoms with Gasteiger partial charge in [0.2, 0.25) is 0 Å². The summed E-state index contributed by atoms with van der Waals surface area (Å²) in [5.74, 6) is 0. The molecule has 0 radical (unpaired) electrons. The Morgan fingerprint density at radius 3 is 1.17 bits per heavy atom. The zero-order valence-corrected chi connectivity index (χ0v) is 26.2. The molecular formula is C46H34N2. The number of benzene rings is 8. The SMILES string of the molecule is [2H]c1c([2H])c(N(c2ccccc2)c2ccccc2)c([2H])c([2H])c1-c1ccc(-c2ccc(N(c3ccccc3)c3ccc4ccccc4c3)cc2)cc1. The number of hydrogen-bond donors (Lipinski definition) is 0. The third kappa shape index (κ3) is 5.95. The Balaban J connectivity index is 1.12. The van der Waals surface area contributed by atoms with Crippen molar-refractivity contribution in [2.75, 3.05) is 9.80 Å². The molecule has 2 nitrogen and oxygen atoms in total. The molecule has 0 aliphatic heterocycles. The second-order valence-corrected chi connectivity index (χ2v) is 11.6. The van der Waals surface area contributed by atoms with E-state index in [0.717, 1.165) is 39.6 Å². The summed E-state index contributed by atoms with van der Waals surface area (Å²) in [5.41, 5.74) is 7.80. The summed E-state index contributed by atoms with van der Waals surface area (Å²) in [5, 5.41) is 2.38. The molecule has 2 heteroatoms. The van der Waals surface area contributed by atoms with Crippen LogP contribution in [-0.4, -0.2) is 0 Å². The van der Waals surface area contributed by atoms with E-state index in [1.807, 2.05) is 103 Å². The van der Waals surface area contributed by atoms with Gasteiger partial charge in [-0.25, -0.2) is 0 Å². The first kappa shape index (κ1) is 24.8. The van der Waals surface area contributed by atoms with E-state index in [1.165, 1.54) is 10.8 Å². The topological polar surface area (TPSA) is 6.48 Å². The third-order valence-corrected chi connectivity index (χ3v) is 8.50. The largest absolute Gasteiger partial charge is 0.311 e. The van der Waals surface area contributed by atoms with Gasteiger partial charge in [-0.15, -0.1) is 0 Å². The number of anilines is 6. The summed E-state index contributed by atoms with van der Waals surface area (Å²) in [4.78, 5) is 4.04. The van der Waals surface area contributed by atoms with Crippen LogP contribution < -0.4 is 9.80 Å². The van der Waals surface area contributed by atoms with E-state index in [1.54, 1.807) is 4.90 Å². The van der Waals surface area contributed by atoms with Crippen molar-refractivity contribution in [3.05, 3.63) is 206 Å². The summed E-state index contributed by atoms with van der Waals surface area (Å²) >= 11 is 0. The summed E-state index contributed by atoms with van der Waals surface area (Å²) in [6.07, 6.45) is 0. The van der Waals surface area contributed by atoms with Gasteiger partial charge >= 0.3 is 0 Å². The predicted molar refractivity (Wildman–Crippen MR) is 204 cm³/mol. The lowest BCUT2D eigenvalue weighted by Gasteiger charge is -2.26. The Hall–Kier alpha value is -6.38. The highest BCUT2D eigenvalue weighted by Crippen LogP contribution is 2.38. The molecule has 0 atom stereocenters. The third-order valence-electron chi connectivity index (χ3n) is 8.50. The van der Waals surface area contributed by atoms with Crippen molar-refractivity contribution in [2.45, 2.75) is 0 Å². The van der Waals surface area contributed by atoms with Gasteiger partial charge in [-0.2, -0.15) is 0 Å². The van der Waals surface area contributed by atoms with Crippen molar-refractivity contribution < 1.29 is 5.48 Å². The molecule has 8 rings (SSSR count). The molecule has 8 aromatic rings. The standard InChI is InChI=1S/C46H34N2/c1-4-14-41(15-5-1)47(42-16-6-2-7-17-42)44-29-24-38(25-30-44)36-20-22-37(23-21-36)39-26-31-45(32-27-39)48(43-18-8-3-9-19-43)46-33-28-35-12-10-11-13-40(35)34-46/h1-34H/i24D,25D,29D,30D. The molecule has 0 N–H and O–H groups in total. The molecule has 8 aromatic carbocycles. The van der Waals surface area contributed by atoms with E-state index < -0.39 is 0 Å². The van der Waals surface area contributed by atoms with E-state index >= 15 is 0 Å². The van der Waals surface area contributed by atoms with Crippen molar-refractivity contribution in [2.24, 2.45) is 0 Å². The van der Waals surface area contributed by atoms with Crippen LogP contribution in [0.2, 0.25) is 0 Å². The van der Waals surface area contributed by atoms with Crippen LogP contribution >= 0.6 is 0 Å². The number of rotatable bonds is 8. The van der Waals surface area contributed by atoms with E-state index in [0.29, 0.717) is 5.56 Å². The molecule has 0 fully saturated rings. The molecule has 228 valence electrons. The van der Waals surface area contributed by atoms with Gasteiger partial charge in [0.1, 0.15) is 0 Å².